The van der Waals surface area contributed by atoms with Gasteiger partial charge in [-0.3, -0.25) is 0 Å². The summed E-state index contributed by atoms with van der Waals surface area (Å²) in [5.41, 5.74) is 0. The average Bonchev–Trinajstić information content (AvgIpc) is 1.12. The summed E-state index contributed by atoms with van der Waals surface area (Å²) in [6, 6.07) is 0. The van der Waals surface area contributed by atoms with Gasteiger partial charge in [-0.2, -0.15) is 15.6 Å². The first-order valence-electron chi connectivity index (χ1n) is 1.46. The van der Waals surface area contributed by atoms with E-state index in [1.54, 1.807) is 0 Å². The van der Waals surface area contributed by atoms with Crippen LogP contribution in [0.3, 0.4) is 0 Å². The molecule has 0 aromatic heterocycles. The van der Waals surface area contributed by atoms with Crippen LogP contribution in [0.2, 0.25) is 0 Å². The van der Waals surface area contributed by atoms with Crippen molar-refractivity contribution in [3.05, 3.63) is 0 Å². The van der Waals surface area contributed by atoms with Crippen molar-refractivity contribution in [2.24, 2.45) is 0 Å². The molecule has 0 atom stereocenters. The molecule has 0 aliphatic rings. The molecule has 0 N–H and O–H groups in total. The molecular formula is MnO8P2Zr. The first-order chi connectivity index (χ1) is 4.00. The van der Waals surface area contributed by atoms with Crippen LogP contribution in [0.15, 0.2) is 0 Å². The second-order valence-corrected chi connectivity index (χ2v) is 2.68. The van der Waals surface area contributed by atoms with Crippen LogP contribution >= 0.6 is 15.6 Å². The largest absolute Gasteiger partial charge is 4.00 e. The summed E-state index contributed by atoms with van der Waals surface area (Å²) in [5, 5.41) is 0. The first-order valence-corrected chi connectivity index (χ1v) is 4.38. The fraction of sp³-hybridized carbons (Fsp3) is 0. The zero-order chi connectivity index (χ0) is 9.00. The van der Waals surface area contributed by atoms with Gasteiger partial charge in [-0.1, -0.05) is 0 Å². The maximum atomic E-state index is 8.55. The molecule has 0 aliphatic carbocycles. The second-order valence-electron chi connectivity index (χ2n) is 0.894. The molecule has 0 fully saturated rings. The minimum Gasteiger partial charge on any atom is -0.822 e. The number of hydrogen-bond donors (Lipinski definition) is 0. The summed E-state index contributed by atoms with van der Waals surface area (Å²) in [6.45, 7) is 0. The van der Waals surface area contributed by atoms with Crippen molar-refractivity contribution >= 4 is 15.6 Å². The van der Waals surface area contributed by atoms with Gasteiger partial charge in [0.2, 0.25) is 0 Å². The Balaban J connectivity index is -0.0000000457. The van der Waals surface area contributed by atoms with Crippen LogP contribution in [0.25, 0.3) is 0 Å². The van der Waals surface area contributed by atoms with Crippen LogP contribution in [0.4, 0.5) is 0 Å². The standard InChI is InChI=1S/Mn.2H3O4P.Zr/c;2*1-5(2,3)4;/h;2*(H3,1,2,3,4);/q+2;;;+4/p-6. The number of hydrogen-bond acceptors (Lipinski definition) is 8. The van der Waals surface area contributed by atoms with Gasteiger partial charge < -0.3 is 38.5 Å². The van der Waals surface area contributed by atoms with E-state index in [0.29, 0.717) is 0 Å². The molecule has 0 rings (SSSR count). The molecule has 8 nitrogen and oxygen atoms in total. The Morgan fingerprint density at radius 1 is 0.667 bits per heavy atom. The van der Waals surface area contributed by atoms with Crippen LogP contribution in [0.5, 0.6) is 0 Å². The Labute approximate surface area is 97.1 Å². The van der Waals surface area contributed by atoms with E-state index in [0.717, 1.165) is 0 Å². The quantitative estimate of drug-likeness (QED) is 0.311. The predicted molar refractivity (Wildman–Crippen MR) is 15.2 cm³/mol. The zero-order valence-electron chi connectivity index (χ0n) is 5.04. The van der Waals surface area contributed by atoms with Crippen LogP contribution < -0.4 is 29.4 Å². The Morgan fingerprint density at radius 3 is 0.667 bits per heavy atom. The van der Waals surface area contributed by atoms with Gasteiger partial charge in [-0.05, 0) is 0 Å². The minimum absolute atomic E-state index is 0. The van der Waals surface area contributed by atoms with Crippen LogP contribution in [-0.4, -0.2) is 0 Å². The second kappa shape index (κ2) is 9.19. The molecule has 0 amide bonds. The van der Waals surface area contributed by atoms with E-state index >= 15 is 0 Å². The third-order valence-electron chi connectivity index (χ3n) is 0. The Kier molecular flexibility index (Phi) is 17.9. The molecule has 0 saturated heterocycles. The van der Waals surface area contributed by atoms with Gasteiger partial charge in [-0.15, -0.1) is 0 Å². The maximum absolute atomic E-state index is 8.55. The van der Waals surface area contributed by atoms with Gasteiger partial charge >= 0.3 is 43.3 Å². The van der Waals surface area contributed by atoms with E-state index < -0.39 is 15.6 Å². The third kappa shape index (κ3) is 498. The van der Waals surface area contributed by atoms with Gasteiger partial charge in [0, 0.05) is 0 Å². The maximum Gasteiger partial charge on any atom is 4.00 e. The zero-order valence-corrected chi connectivity index (χ0v) is 10.5. The molecule has 12 heteroatoms. The summed E-state index contributed by atoms with van der Waals surface area (Å²) in [4.78, 5) is 51.3. The molecule has 0 saturated carbocycles. The van der Waals surface area contributed by atoms with Crippen molar-refractivity contribution in [3.63, 3.8) is 0 Å². The van der Waals surface area contributed by atoms with E-state index in [1.807, 2.05) is 0 Å². The molecule has 1 radical (unpaired) electrons. The Hall–Kier alpha value is 1.62. The van der Waals surface area contributed by atoms with E-state index in [4.69, 9.17) is 38.5 Å². The van der Waals surface area contributed by atoms with Crippen LogP contribution in [-0.2, 0) is 52.4 Å². The summed E-state index contributed by atoms with van der Waals surface area (Å²) in [7, 11) is -10.8. The molecule has 0 aromatic rings. The molecule has 12 heavy (non-hydrogen) atoms. The van der Waals surface area contributed by atoms with Crippen molar-refractivity contribution in [3.8, 4) is 0 Å². The minimum atomic E-state index is -5.39. The van der Waals surface area contributed by atoms with Gasteiger partial charge in [0.15, 0.2) is 0 Å². The molecule has 0 bridgehead atoms. The van der Waals surface area contributed by atoms with Crippen LogP contribution in [0, 0.1) is 0 Å². The van der Waals surface area contributed by atoms with Crippen molar-refractivity contribution in [1.82, 2.24) is 0 Å². The molecule has 69 valence electrons. The van der Waals surface area contributed by atoms with Gasteiger partial charge in [0.25, 0.3) is 0 Å². The number of rotatable bonds is 0. The van der Waals surface area contributed by atoms with Gasteiger partial charge in [-0.25, -0.2) is 0 Å². The molecule has 0 spiro atoms. The molecule has 0 aliphatic heterocycles. The molecule has 0 aromatic carbocycles. The Bertz CT molecular complexity index is 129. The predicted octanol–water partition coefficient (Wildman–Crippen LogP) is -5.65. The Morgan fingerprint density at radius 2 is 0.667 bits per heavy atom. The molecule has 0 unspecified atom stereocenters. The summed E-state index contributed by atoms with van der Waals surface area (Å²) < 4.78 is 17.1. The van der Waals surface area contributed by atoms with Crippen molar-refractivity contribution < 1.29 is 81.8 Å². The van der Waals surface area contributed by atoms with Crippen LogP contribution in [0.1, 0.15) is 0 Å². The SMILES string of the molecule is O=P([O-])([O-])[O-].O=P([O-])([O-])[O-].[Mn+2].[Zr+4]. The third-order valence-corrected chi connectivity index (χ3v) is 0. The van der Waals surface area contributed by atoms with E-state index in [9.17, 15) is 0 Å². The fourth-order valence-corrected chi connectivity index (χ4v) is 0. The van der Waals surface area contributed by atoms with Gasteiger partial charge in [0.1, 0.15) is 0 Å². The van der Waals surface area contributed by atoms with Gasteiger partial charge in [0.05, 0.1) is 0 Å². The normalized spacial score (nSPS) is 9.83. The first kappa shape index (κ1) is 23.4. The van der Waals surface area contributed by atoms with Crippen molar-refractivity contribution in [2.75, 3.05) is 0 Å². The van der Waals surface area contributed by atoms with E-state index in [2.05, 4.69) is 0 Å². The summed E-state index contributed by atoms with van der Waals surface area (Å²) in [6.07, 6.45) is 0. The average molecular weight is 336 g/mol. The summed E-state index contributed by atoms with van der Waals surface area (Å²) >= 11 is 0. The monoisotopic (exact) mass is 335 g/mol. The smallest absolute Gasteiger partial charge is 0.822 e. The van der Waals surface area contributed by atoms with Crippen molar-refractivity contribution in [1.29, 1.82) is 0 Å². The summed E-state index contributed by atoms with van der Waals surface area (Å²) in [5.74, 6) is 0. The topological polar surface area (TPSA) is 172 Å². The van der Waals surface area contributed by atoms with Crippen molar-refractivity contribution in [2.45, 2.75) is 0 Å². The number of phosphoric acid groups is 2. The van der Waals surface area contributed by atoms with E-state index in [1.165, 1.54) is 0 Å². The molecular weight excluding hydrogens is 336 g/mol. The fourth-order valence-electron chi connectivity index (χ4n) is 0. The molecule has 0 heterocycles. The van der Waals surface area contributed by atoms with E-state index in [-0.39, 0.29) is 43.3 Å².